The maximum Gasteiger partial charge on any atom is 0.325 e. The Bertz CT molecular complexity index is 1720. The predicted molar refractivity (Wildman–Crippen MR) is 188 cm³/mol. The van der Waals surface area contributed by atoms with Crippen LogP contribution in [0.1, 0.15) is 59.7 Å². The highest BCUT2D eigenvalue weighted by Crippen LogP contribution is 2.39. The summed E-state index contributed by atoms with van der Waals surface area (Å²) in [6, 6.07) is 29.7. The van der Waals surface area contributed by atoms with Gasteiger partial charge in [-0.15, -0.1) is 0 Å². The lowest BCUT2D eigenvalue weighted by atomic mass is 9.98. The Morgan fingerprint density at radius 2 is 1.64 bits per heavy atom. The van der Waals surface area contributed by atoms with E-state index in [0.29, 0.717) is 25.1 Å². The molecule has 1 fully saturated rings. The van der Waals surface area contributed by atoms with Crippen LogP contribution in [0.5, 0.6) is 5.75 Å². The van der Waals surface area contributed by atoms with Crippen molar-refractivity contribution in [3.8, 4) is 16.9 Å². The van der Waals surface area contributed by atoms with Gasteiger partial charge in [0.05, 0.1) is 31.5 Å². The zero-order valence-electron chi connectivity index (χ0n) is 28.3. The van der Waals surface area contributed by atoms with E-state index in [9.17, 15) is 24.9 Å². The third kappa shape index (κ3) is 10.4. The molecule has 50 heavy (non-hydrogen) atoms. The number of urea groups is 1. The summed E-state index contributed by atoms with van der Waals surface area (Å²) in [5.74, 6) is -0.390. The molecule has 4 atom stereocenters. The number of carbonyl (C=O) groups is 2. The molecular formula is C39H45N3O8. The number of carbonyl (C=O) groups excluding carboxylic acids is 2. The molecule has 0 spiro atoms. The van der Waals surface area contributed by atoms with E-state index in [1.165, 1.54) is 0 Å². The summed E-state index contributed by atoms with van der Waals surface area (Å²) < 4.78 is 18.0. The number of aromatic hydroxyl groups is 1. The fourth-order valence-corrected chi connectivity index (χ4v) is 5.92. The molecule has 1 saturated heterocycles. The second kappa shape index (κ2) is 17.7. The van der Waals surface area contributed by atoms with Crippen LogP contribution >= 0.6 is 0 Å². The van der Waals surface area contributed by atoms with Crippen LogP contribution in [0.15, 0.2) is 97.1 Å². The second-order valence-electron chi connectivity index (χ2n) is 12.3. The summed E-state index contributed by atoms with van der Waals surface area (Å²) >= 11 is 0. The highest BCUT2D eigenvalue weighted by Gasteiger charge is 2.33. The highest BCUT2D eigenvalue weighted by molar-refractivity contribution is 5.80. The molecule has 0 radical (unpaired) electrons. The van der Waals surface area contributed by atoms with Gasteiger partial charge in [0.15, 0.2) is 6.29 Å². The van der Waals surface area contributed by atoms with Crippen LogP contribution in [-0.4, -0.2) is 71.6 Å². The minimum absolute atomic E-state index is 0.0424. The smallest absolute Gasteiger partial charge is 0.325 e. The van der Waals surface area contributed by atoms with Gasteiger partial charge in [0.25, 0.3) is 0 Å². The Morgan fingerprint density at radius 3 is 2.38 bits per heavy atom. The van der Waals surface area contributed by atoms with Crippen molar-refractivity contribution >= 4 is 12.0 Å². The third-order valence-corrected chi connectivity index (χ3v) is 8.44. The van der Waals surface area contributed by atoms with Crippen LogP contribution in [0, 0.1) is 0 Å². The monoisotopic (exact) mass is 683 g/mol. The molecule has 4 aromatic rings. The topological polar surface area (TPSA) is 150 Å². The lowest BCUT2D eigenvalue weighted by Crippen LogP contribution is -2.39. The minimum atomic E-state index is -0.786. The van der Waals surface area contributed by atoms with E-state index in [1.54, 1.807) is 31.2 Å². The molecule has 2 amide bonds. The van der Waals surface area contributed by atoms with Crippen LogP contribution in [0.25, 0.3) is 11.1 Å². The first-order valence-corrected chi connectivity index (χ1v) is 16.7. The summed E-state index contributed by atoms with van der Waals surface area (Å²) in [7, 11) is 1.93. The normalized spacial score (nSPS) is 18.0. The van der Waals surface area contributed by atoms with E-state index < -0.39 is 24.4 Å². The highest BCUT2D eigenvalue weighted by atomic mass is 16.7. The van der Waals surface area contributed by atoms with Crippen molar-refractivity contribution < 1.29 is 39.1 Å². The van der Waals surface area contributed by atoms with Crippen molar-refractivity contribution in [1.29, 1.82) is 0 Å². The van der Waals surface area contributed by atoms with E-state index in [0.717, 1.165) is 33.4 Å². The van der Waals surface area contributed by atoms with Crippen LogP contribution in [0.4, 0.5) is 4.79 Å². The average Bonchev–Trinajstić information content (AvgIpc) is 3.13. The number of nitrogens with one attached hydrogen (secondary N) is 2. The Balaban J connectivity index is 1.29. The number of amides is 2. The Kier molecular flexibility index (Phi) is 13.0. The van der Waals surface area contributed by atoms with Crippen molar-refractivity contribution in [1.82, 2.24) is 15.5 Å². The summed E-state index contributed by atoms with van der Waals surface area (Å²) in [5, 5.41) is 35.5. The van der Waals surface area contributed by atoms with Crippen molar-refractivity contribution in [3.05, 3.63) is 125 Å². The zero-order chi connectivity index (χ0) is 35.5. The largest absolute Gasteiger partial charge is 0.508 e. The van der Waals surface area contributed by atoms with Gasteiger partial charge in [0.1, 0.15) is 12.3 Å². The van der Waals surface area contributed by atoms with Gasteiger partial charge in [0.2, 0.25) is 0 Å². The number of rotatable bonds is 14. The number of ether oxygens (including phenoxy) is 3. The van der Waals surface area contributed by atoms with Gasteiger partial charge in [0, 0.05) is 31.6 Å². The number of hydrogen-bond acceptors (Lipinski definition) is 9. The van der Waals surface area contributed by atoms with Crippen LogP contribution in [0.3, 0.4) is 0 Å². The van der Waals surface area contributed by atoms with E-state index in [-0.39, 0.29) is 44.3 Å². The Labute approximate surface area is 292 Å². The molecule has 0 bridgehead atoms. The molecule has 11 nitrogen and oxygen atoms in total. The van der Waals surface area contributed by atoms with E-state index in [4.69, 9.17) is 14.2 Å². The number of likely N-dealkylation sites (N-methyl/N-ethyl adjacent to an activating group) is 1. The molecule has 1 aliphatic heterocycles. The van der Waals surface area contributed by atoms with Crippen LogP contribution in [-0.2, 0) is 32.2 Å². The standard InChI is InChI=1S/C39H45N3O8/c1-3-48-37(46)22-41-39(47)40-21-27-7-4-8-29(17-27)30-9-5-11-32(18-30)38-49-34(20-36(50-38)28-15-13-26(25-43)14-16-28)23-42(2)24-35(45)31-10-6-12-33(44)19-31/h4-19,34-36,38,43-45H,3,20-25H2,1-2H3,(H2,40,41,47)/t34-,35-,36+,38+/m1/s1. The van der Waals surface area contributed by atoms with E-state index in [2.05, 4.69) is 10.6 Å². The van der Waals surface area contributed by atoms with Crippen molar-refractivity contribution in [2.75, 3.05) is 33.3 Å². The quantitative estimate of drug-likeness (QED) is 0.114. The maximum absolute atomic E-state index is 12.2. The SMILES string of the molecule is CCOC(=O)CNC(=O)NCc1cccc(-c2cccc([C@H]3O[C@@H](CN(C)C[C@@H](O)c4cccc(O)c4)C[C@@H](c4ccc(CO)cc4)O3)c2)c1. The number of nitrogens with zero attached hydrogens (tertiary/aromatic N) is 1. The van der Waals surface area contributed by atoms with Crippen molar-refractivity contribution in [3.63, 3.8) is 0 Å². The van der Waals surface area contributed by atoms with E-state index in [1.807, 2.05) is 84.7 Å². The van der Waals surface area contributed by atoms with Crippen LogP contribution in [0.2, 0.25) is 0 Å². The number of aliphatic hydroxyl groups is 2. The molecule has 0 saturated carbocycles. The van der Waals surface area contributed by atoms with Crippen molar-refractivity contribution in [2.24, 2.45) is 0 Å². The summed E-state index contributed by atoms with van der Waals surface area (Å²) in [6.07, 6.45) is -1.38. The number of phenols is 1. The summed E-state index contributed by atoms with van der Waals surface area (Å²) in [5.41, 5.74) is 6.05. The van der Waals surface area contributed by atoms with Gasteiger partial charge in [-0.1, -0.05) is 72.8 Å². The first-order valence-electron chi connectivity index (χ1n) is 16.7. The molecular weight excluding hydrogens is 638 g/mol. The van der Waals surface area contributed by atoms with Gasteiger partial charge >= 0.3 is 12.0 Å². The lowest BCUT2D eigenvalue weighted by Gasteiger charge is -2.38. The number of aliphatic hydroxyl groups excluding tert-OH is 2. The number of esters is 1. The fourth-order valence-electron chi connectivity index (χ4n) is 5.92. The molecule has 4 aromatic carbocycles. The van der Waals surface area contributed by atoms with Gasteiger partial charge in [-0.25, -0.2) is 4.79 Å². The van der Waals surface area contributed by atoms with Crippen molar-refractivity contribution in [2.45, 2.75) is 51.1 Å². The third-order valence-electron chi connectivity index (χ3n) is 8.44. The molecule has 5 N–H and O–H groups in total. The number of benzene rings is 4. The molecule has 0 aliphatic carbocycles. The molecule has 264 valence electrons. The van der Waals surface area contributed by atoms with Gasteiger partial charge in [-0.3, -0.25) is 4.79 Å². The van der Waals surface area contributed by atoms with E-state index >= 15 is 0 Å². The van der Waals surface area contributed by atoms with Gasteiger partial charge in [-0.2, -0.15) is 0 Å². The lowest BCUT2D eigenvalue weighted by molar-refractivity contribution is -0.252. The average molecular weight is 684 g/mol. The number of phenolic OH excluding ortho intramolecular Hbond substituents is 1. The van der Waals surface area contributed by atoms with Gasteiger partial charge in [-0.05, 0) is 71.6 Å². The first kappa shape index (κ1) is 36.5. The molecule has 1 heterocycles. The molecule has 1 aliphatic rings. The summed E-state index contributed by atoms with van der Waals surface area (Å²) in [6.45, 7) is 2.85. The zero-order valence-corrected chi connectivity index (χ0v) is 28.3. The fraction of sp³-hybridized carbons (Fsp3) is 0.333. The molecule has 11 heteroatoms. The molecule has 0 unspecified atom stereocenters. The second-order valence-corrected chi connectivity index (χ2v) is 12.3. The first-order chi connectivity index (χ1) is 24.2. The summed E-state index contributed by atoms with van der Waals surface area (Å²) in [4.78, 5) is 25.7. The Morgan fingerprint density at radius 1 is 0.900 bits per heavy atom. The maximum atomic E-state index is 12.2. The minimum Gasteiger partial charge on any atom is -0.508 e. The number of hydrogen-bond donors (Lipinski definition) is 5. The predicted octanol–water partition coefficient (Wildman–Crippen LogP) is 5.12. The molecule has 5 rings (SSSR count). The van der Waals surface area contributed by atoms with Crippen LogP contribution < -0.4 is 10.6 Å². The van der Waals surface area contributed by atoms with Gasteiger partial charge < -0.3 is 45.1 Å². The Hall–Kier alpha value is -4.78. The molecule has 0 aromatic heterocycles.